The molecule has 2 rings (SSSR count). The summed E-state index contributed by atoms with van der Waals surface area (Å²) >= 11 is 0.931. The zero-order valence-electron chi connectivity index (χ0n) is 22.6. The first kappa shape index (κ1) is 32.6. The number of carbonyl (C=O) groups is 5. The van der Waals surface area contributed by atoms with Crippen molar-refractivity contribution < 1.29 is 38.9 Å². The molecule has 0 radical (unpaired) electrons. The molecule has 1 aromatic carbocycles. The van der Waals surface area contributed by atoms with Gasteiger partial charge in [0.15, 0.2) is 5.12 Å². The lowest BCUT2D eigenvalue weighted by Gasteiger charge is -2.28. The number of rotatable bonds is 16. The first-order chi connectivity index (χ1) is 18.9. The molecule has 0 bridgehead atoms. The molecule has 0 spiro atoms. The second-order valence-electron chi connectivity index (χ2n) is 9.69. The van der Waals surface area contributed by atoms with Gasteiger partial charge in [-0.1, -0.05) is 25.6 Å². The van der Waals surface area contributed by atoms with E-state index < -0.39 is 29.3 Å². The van der Waals surface area contributed by atoms with Crippen LogP contribution in [0.2, 0.25) is 0 Å². The highest BCUT2D eigenvalue weighted by molar-refractivity contribution is 8.13. The van der Waals surface area contributed by atoms with Crippen LogP contribution in [0.3, 0.4) is 0 Å². The molecule has 0 fully saturated rings. The smallest absolute Gasteiger partial charge is 0.319 e. The number of H-pyrrole nitrogens is 1. The van der Waals surface area contributed by atoms with E-state index in [1.54, 1.807) is 32.0 Å². The summed E-state index contributed by atoms with van der Waals surface area (Å²) in [6, 6.07) is 5.00. The number of aliphatic hydroxyl groups excluding tert-OH is 1. The van der Waals surface area contributed by atoms with Crippen LogP contribution < -0.4 is 21.7 Å². The molecule has 0 aliphatic carbocycles. The zero-order chi connectivity index (χ0) is 29.7. The SMILES string of the molecule is CC(C)(COC(=O)CN)[C@@H](O)C(=O)NCCC(=O)NCCSC(=O)CC(=O)NCCc1c[nH]c2ccc(O)cc12. The van der Waals surface area contributed by atoms with Crippen LogP contribution in [0.1, 0.15) is 32.3 Å². The average Bonchev–Trinajstić information content (AvgIpc) is 3.31. The van der Waals surface area contributed by atoms with E-state index in [0.29, 0.717) is 13.0 Å². The van der Waals surface area contributed by atoms with Crippen LogP contribution in [0.15, 0.2) is 24.4 Å². The van der Waals surface area contributed by atoms with Crippen LogP contribution in [-0.4, -0.2) is 88.6 Å². The van der Waals surface area contributed by atoms with E-state index in [2.05, 4.69) is 20.9 Å². The van der Waals surface area contributed by atoms with Crippen molar-refractivity contribution in [3.05, 3.63) is 30.0 Å². The Morgan fingerprint density at radius 2 is 1.80 bits per heavy atom. The fourth-order valence-corrected chi connectivity index (χ4v) is 4.22. The molecule has 0 saturated heterocycles. The molecule has 3 amide bonds. The molecule has 14 heteroatoms. The van der Waals surface area contributed by atoms with Crippen molar-refractivity contribution in [1.29, 1.82) is 0 Å². The normalized spacial score (nSPS) is 12.0. The number of aliphatic hydroxyl groups is 1. The molecule has 220 valence electrons. The number of ether oxygens (including phenoxy) is 1. The van der Waals surface area contributed by atoms with Crippen molar-refractivity contribution in [2.75, 3.05) is 38.5 Å². The van der Waals surface area contributed by atoms with Gasteiger partial charge in [0, 0.05) is 54.3 Å². The van der Waals surface area contributed by atoms with Crippen molar-refractivity contribution in [2.45, 2.75) is 39.2 Å². The number of aromatic hydroxyl groups is 1. The summed E-state index contributed by atoms with van der Waals surface area (Å²) in [5, 5.41) is 28.2. The van der Waals surface area contributed by atoms with Gasteiger partial charge in [0.25, 0.3) is 0 Å². The average molecular weight is 580 g/mol. The van der Waals surface area contributed by atoms with E-state index in [4.69, 9.17) is 10.5 Å². The minimum absolute atomic E-state index is 0.0215. The van der Waals surface area contributed by atoms with Crippen LogP contribution >= 0.6 is 11.8 Å². The predicted octanol–water partition coefficient (Wildman–Crippen LogP) is -0.306. The topological polar surface area (TPSA) is 213 Å². The Balaban J connectivity index is 1.55. The molecule has 13 nitrogen and oxygen atoms in total. The highest BCUT2D eigenvalue weighted by Crippen LogP contribution is 2.23. The van der Waals surface area contributed by atoms with Crippen LogP contribution in [0.5, 0.6) is 5.75 Å². The van der Waals surface area contributed by atoms with Crippen molar-refractivity contribution in [1.82, 2.24) is 20.9 Å². The van der Waals surface area contributed by atoms with Gasteiger partial charge in [0.2, 0.25) is 17.7 Å². The van der Waals surface area contributed by atoms with Crippen molar-refractivity contribution in [2.24, 2.45) is 11.1 Å². The van der Waals surface area contributed by atoms with Crippen LogP contribution in [0.25, 0.3) is 10.9 Å². The quantitative estimate of drug-likeness (QED) is 0.0783. The molecule has 1 atom stereocenters. The number of phenols is 1. The monoisotopic (exact) mass is 579 g/mol. The van der Waals surface area contributed by atoms with E-state index in [-0.39, 0.29) is 61.6 Å². The lowest BCUT2D eigenvalue weighted by Crippen LogP contribution is -2.47. The third-order valence-corrected chi connectivity index (χ3v) is 6.75. The van der Waals surface area contributed by atoms with Crippen molar-refractivity contribution >= 4 is 51.5 Å². The van der Waals surface area contributed by atoms with Gasteiger partial charge in [-0.2, -0.15) is 0 Å². The molecule has 0 saturated carbocycles. The number of benzene rings is 1. The largest absolute Gasteiger partial charge is 0.508 e. The number of esters is 1. The molecular weight excluding hydrogens is 542 g/mol. The first-order valence-corrected chi connectivity index (χ1v) is 13.7. The van der Waals surface area contributed by atoms with Gasteiger partial charge >= 0.3 is 5.97 Å². The lowest BCUT2D eigenvalue weighted by atomic mass is 9.87. The minimum Gasteiger partial charge on any atom is -0.508 e. The Bertz CT molecular complexity index is 1200. The van der Waals surface area contributed by atoms with Gasteiger partial charge in [-0.25, -0.2) is 0 Å². The molecule has 40 heavy (non-hydrogen) atoms. The number of fused-ring (bicyclic) bond motifs is 1. The highest BCUT2D eigenvalue weighted by atomic mass is 32.2. The number of amides is 3. The van der Waals surface area contributed by atoms with Crippen LogP contribution in [0, 0.1) is 5.41 Å². The number of thioether (sulfide) groups is 1. The van der Waals surface area contributed by atoms with Gasteiger partial charge in [-0.3, -0.25) is 24.0 Å². The third-order valence-electron chi connectivity index (χ3n) is 5.87. The number of hydrogen-bond acceptors (Lipinski definition) is 10. The summed E-state index contributed by atoms with van der Waals surface area (Å²) in [4.78, 5) is 62.5. The van der Waals surface area contributed by atoms with Crippen molar-refractivity contribution in [3.8, 4) is 5.75 Å². The molecule has 0 unspecified atom stereocenters. The van der Waals surface area contributed by atoms with Gasteiger partial charge in [-0.05, 0) is 30.2 Å². The molecule has 2 aromatic rings. The van der Waals surface area contributed by atoms with Gasteiger partial charge in [0.1, 0.15) is 11.9 Å². The summed E-state index contributed by atoms with van der Waals surface area (Å²) in [5.74, 6) is -1.69. The van der Waals surface area contributed by atoms with Crippen LogP contribution in [-0.2, 0) is 35.1 Å². The lowest BCUT2D eigenvalue weighted by molar-refractivity contribution is -0.152. The number of nitrogens with one attached hydrogen (secondary N) is 4. The Hall–Kier alpha value is -3.62. The standard InChI is InChI=1S/C26H37N5O8S/c1-26(2,15-39-22(35)13-27)24(37)25(38)30-8-6-20(33)29-9-10-40-23(36)12-21(34)28-7-5-16-14-31-19-4-3-17(32)11-18(16)19/h3-4,11,14,24,31-32,37H,5-10,12-13,15,27H2,1-2H3,(H,28,34)(H,29,33)(H,30,38)/t24-/m0/s1. The molecule has 8 N–H and O–H groups in total. The fourth-order valence-electron chi connectivity index (χ4n) is 3.55. The Morgan fingerprint density at radius 3 is 2.52 bits per heavy atom. The fraction of sp³-hybridized carbons (Fsp3) is 0.500. The van der Waals surface area contributed by atoms with Crippen LogP contribution in [0.4, 0.5) is 0 Å². The molecular formula is C26H37N5O8S. The predicted molar refractivity (Wildman–Crippen MR) is 149 cm³/mol. The Morgan fingerprint density at radius 1 is 1.07 bits per heavy atom. The summed E-state index contributed by atoms with van der Waals surface area (Å²) in [7, 11) is 0. The van der Waals surface area contributed by atoms with E-state index in [1.807, 2.05) is 6.20 Å². The van der Waals surface area contributed by atoms with Gasteiger partial charge < -0.3 is 41.6 Å². The Kier molecular flexibility index (Phi) is 12.9. The number of nitrogens with two attached hydrogens (primary N) is 1. The number of carbonyl (C=O) groups excluding carboxylic acids is 5. The Labute approximate surface area is 236 Å². The number of phenolic OH excluding ortho intramolecular Hbond substituents is 1. The minimum atomic E-state index is -1.47. The third kappa shape index (κ3) is 10.9. The first-order valence-electron chi connectivity index (χ1n) is 12.7. The molecule has 0 aliphatic rings. The van der Waals surface area contributed by atoms with E-state index in [1.165, 1.54) is 0 Å². The second-order valence-corrected chi connectivity index (χ2v) is 10.8. The molecule has 0 aliphatic heterocycles. The molecule has 1 aromatic heterocycles. The van der Waals surface area contributed by atoms with Crippen molar-refractivity contribution in [3.63, 3.8) is 0 Å². The summed E-state index contributed by atoms with van der Waals surface area (Å²) in [6.07, 6.45) is 0.546. The maximum Gasteiger partial charge on any atom is 0.319 e. The zero-order valence-corrected chi connectivity index (χ0v) is 23.4. The second kappa shape index (κ2) is 15.8. The summed E-state index contributed by atoms with van der Waals surface area (Å²) in [5.41, 5.74) is 5.92. The maximum atomic E-state index is 12.2. The number of aromatic nitrogens is 1. The van der Waals surface area contributed by atoms with E-state index in [0.717, 1.165) is 28.2 Å². The summed E-state index contributed by atoms with van der Waals surface area (Å²) < 4.78 is 4.89. The van der Waals surface area contributed by atoms with Gasteiger partial charge in [-0.15, -0.1) is 0 Å². The number of hydrogen-bond donors (Lipinski definition) is 7. The van der Waals surface area contributed by atoms with Gasteiger partial charge in [0.05, 0.1) is 19.6 Å². The maximum absolute atomic E-state index is 12.2. The van der Waals surface area contributed by atoms with E-state index >= 15 is 0 Å². The highest BCUT2D eigenvalue weighted by Gasteiger charge is 2.34. The summed E-state index contributed by atoms with van der Waals surface area (Å²) in [6.45, 7) is 3.10. The number of aromatic amines is 1. The molecule has 1 heterocycles. The van der Waals surface area contributed by atoms with E-state index in [9.17, 15) is 34.2 Å².